The molecule has 0 spiro atoms. The first-order valence-electron chi connectivity index (χ1n) is 5.35. The molecule has 1 aromatic carbocycles. The van der Waals surface area contributed by atoms with Crippen LogP contribution in [0.1, 0.15) is 18.6 Å². The number of carbonyl (C=O) groups is 1. The lowest BCUT2D eigenvalue weighted by atomic mass is 10.1. The predicted molar refractivity (Wildman–Crippen MR) is 58.6 cm³/mol. The first-order valence-corrected chi connectivity index (χ1v) is 5.35. The van der Waals surface area contributed by atoms with Crippen LogP contribution in [-0.2, 0) is 9.53 Å². The van der Waals surface area contributed by atoms with Crippen molar-refractivity contribution in [1.29, 1.82) is 0 Å². The molecule has 3 rings (SSSR count). The number of rotatable bonds is 1. The van der Waals surface area contributed by atoms with Crippen molar-refractivity contribution in [2.75, 3.05) is 18.6 Å². The molecule has 4 heteroatoms. The Balaban J connectivity index is 1.99. The topological polar surface area (TPSA) is 42.1 Å². The van der Waals surface area contributed by atoms with Gasteiger partial charge in [0.2, 0.25) is 0 Å². The molecule has 0 aromatic heterocycles. The summed E-state index contributed by atoms with van der Waals surface area (Å²) in [6.45, 7) is 2.16. The fourth-order valence-electron chi connectivity index (χ4n) is 2.00. The van der Waals surface area contributed by atoms with Gasteiger partial charge in [-0.25, -0.2) is 0 Å². The molecular formula is C12H13NO3. The number of hydrogen-bond acceptors (Lipinski definition) is 3. The van der Waals surface area contributed by atoms with E-state index >= 15 is 0 Å². The normalized spacial score (nSPS) is 27.4. The Labute approximate surface area is 93.8 Å². The minimum absolute atomic E-state index is 0.0191. The summed E-state index contributed by atoms with van der Waals surface area (Å²) in [4.78, 5) is 13.1. The summed E-state index contributed by atoms with van der Waals surface area (Å²) in [5.74, 6) is 0.744. The van der Waals surface area contributed by atoms with Gasteiger partial charge in [0, 0.05) is 7.05 Å². The number of carbonyl (C=O) groups excluding carboxylic acids is 1. The molecule has 0 bridgehead atoms. The third-order valence-corrected chi connectivity index (χ3v) is 3.11. The van der Waals surface area contributed by atoms with Crippen LogP contribution in [0.5, 0.6) is 5.75 Å². The summed E-state index contributed by atoms with van der Waals surface area (Å²) in [7, 11) is 1.77. The zero-order chi connectivity index (χ0) is 11.3. The zero-order valence-corrected chi connectivity index (χ0v) is 9.27. The van der Waals surface area contributed by atoms with Gasteiger partial charge < -0.3 is 14.4 Å². The largest absolute Gasteiger partial charge is 0.482 e. The number of amides is 1. The van der Waals surface area contributed by atoms with Crippen molar-refractivity contribution in [2.45, 2.75) is 19.1 Å². The molecule has 2 heterocycles. The number of hydrogen-bond donors (Lipinski definition) is 0. The van der Waals surface area contributed by atoms with Crippen molar-refractivity contribution in [3.8, 4) is 5.75 Å². The Bertz CT molecular complexity index is 458. The van der Waals surface area contributed by atoms with E-state index in [2.05, 4.69) is 0 Å². The van der Waals surface area contributed by atoms with Gasteiger partial charge in [0.25, 0.3) is 5.91 Å². The van der Waals surface area contributed by atoms with Crippen LogP contribution in [0.15, 0.2) is 18.2 Å². The van der Waals surface area contributed by atoms with Crippen molar-refractivity contribution in [1.82, 2.24) is 0 Å². The molecule has 0 radical (unpaired) electrons. The van der Waals surface area contributed by atoms with Crippen LogP contribution in [0.25, 0.3) is 0 Å². The molecule has 1 amide bonds. The van der Waals surface area contributed by atoms with Crippen LogP contribution in [-0.4, -0.2) is 25.7 Å². The van der Waals surface area contributed by atoms with Crippen molar-refractivity contribution in [3.05, 3.63) is 23.8 Å². The number of ether oxygens (including phenoxy) is 2. The Morgan fingerprint density at radius 2 is 2.19 bits per heavy atom. The number of likely N-dealkylation sites (N-methyl/N-ethyl adjacent to an activating group) is 1. The highest BCUT2D eigenvalue weighted by atomic mass is 16.6. The van der Waals surface area contributed by atoms with Crippen LogP contribution in [0.4, 0.5) is 5.69 Å². The summed E-state index contributed by atoms with van der Waals surface area (Å²) in [5, 5.41) is 0. The van der Waals surface area contributed by atoms with E-state index in [1.54, 1.807) is 11.9 Å². The Morgan fingerprint density at radius 3 is 2.88 bits per heavy atom. The van der Waals surface area contributed by atoms with Gasteiger partial charge in [-0.1, -0.05) is 6.07 Å². The molecule has 16 heavy (non-hydrogen) atoms. The zero-order valence-electron chi connectivity index (χ0n) is 9.27. The molecule has 2 unspecified atom stereocenters. The van der Waals surface area contributed by atoms with Crippen molar-refractivity contribution < 1.29 is 14.3 Å². The van der Waals surface area contributed by atoms with Crippen molar-refractivity contribution in [3.63, 3.8) is 0 Å². The maximum absolute atomic E-state index is 11.5. The third kappa shape index (κ3) is 1.38. The van der Waals surface area contributed by atoms with Crippen molar-refractivity contribution in [2.24, 2.45) is 0 Å². The van der Waals surface area contributed by atoms with Gasteiger partial charge in [-0.15, -0.1) is 0 Å². The standard InChI is InChI=1S/C12H13NO3/c1-7-12(16-7)8-3-4-10-9(5-8)13(2)11(14)6-15-10/h3-5,7,12H,6H2,1-2H3. The van der Waals surface area contributed by atoms with E-state index < -0.39 is 0 Å². The van der Waals surface area contributed by atoms with Crippen LogP contribution in [0.3, 0.4) is 0 Å². The van der Waals surface area contributed by atoms with Crippen LogP contribution in [0, 0.1) is 0 Å². The van der Waals surface area contributed by atoms with Crippen LogP contribution >= 0.6 is 0 Å². The second-order valence-corrected chi connectivity index (χ2v) is 4.23. The minimum atomic E-state index is -0.0191. The van der Waals surface area contributed by atoms with Crippen LogP contribution in [0.2, 0.25) is 0 Å². The molecule has 1 saturated heterocycles. The Morgan fingerprint density at radius 1 is 1.44 bits per heavy atom. The average molecular weight is 219 g/mol. The highest BCUT2D eigenvalue weighted by Crippen LogP contribution is 2.42. The summed E-state index contributed by atoms with van der Waals surface area (Å²) in [6, 6.07) is 5.87. The summed E-state index contributed by atoms with van der Waals surface area (Å²) in [6.07, 6.45) is 0.458. The van der Waals surface area contributed by atoms with E-state index in [0.717, 1.165) is 17.0 Å². The molecule has 2 aliphatic rings. The van der Waals surface area contributed by atoms with E-state index in [4.69, 9.17) is 9.47 Å². The second-order valence-electron chi connectivity index (χ2n) is 4.23. The number of epoxide rings is 1. The van der Waals surface area contributed by atoms with Gasteiger partial charge in [-0.3, -0.25) is 4.79 Å². The molecule has 0 saturated carbocycles. The quantitative estimate of drug-likeness (QED) is 0.672. The Kier molecular flexibility index (Phi) is 1.94. The average Bonchev–Trinajstić information content (AvgIpc) is 3.01. The lowest BCUT2D eigenvalue weighted by Crippen LogP contribution is -2.35. The summed E-state index contributed by atoms with van der Waals surface area (Å²) >= 11 is 0. The van der Waals surface area contributed by atoms with Gasteiger partial charge in [-0.05, 0) is 24.6 Å². The van der Waals surface area contributed by atoms with E-state index in [1.807, 2.05) is 25.1 Å². The molecule has 0 aliphatic carbocycles. The van der Waals surface area contributed by atoms with Gasteiger partial charge in [0.05, 0.1) is 11.8 Å². The first kappa shape index (κ1) is 9.66. The molecule has 1 fully saturated rings. The summed E-state index contributed by atoms with van der Waals surface area (Å²) < 4.78 is 10.8. The van der Waals surface area contributed by atoms with Crippen LogP contribution < -0.4 is 9.64 Å². The maximum Gasteiger partial charge on any atom is 0.264 e. The fourth-order valence-corrected chi connectivity index (χ4v) is 2.00. The highest BCUT2D eigenvalue weighted by Gasteiger charge is 2.36. The predicted octanol–water partition coefficient (Wildman–Crippen LogP) is 1.50. The number of benzene rings is 1. The number of nitrogens with zero attached hydrogens (tertiary/aromatic N) is 1. The first-order chi connectivity index (χ1) is 7.66. The third-order valence-electron chi connectivity index (χ3n) is 3.11. The van der Waals surface area contributed by atoms with E-state index in [0.29, 0.717) is 0 Å². The SMILES string of the molecule is CC1OC1c1ccc2c(c1)N(C)C(=O)CO2. The van der Waals surface area contributed by atoms with Gasteiger partial charge in [0.1, 0.15) is 11.9 Å². The lowest BCUT2D eigenvalue weighted by molar-refractivity contribution is -0.120. The molecular weight excluding hydrogens is 206 g/mol. The van der Waals surface area contributed by atoms with Gasteiger partial charge >= 0.3 is 0 Å². The van der Waals surface area contributed by atoms with E-state index in [-0.39, 0.29) is 24.7 Å². The lowest BCUT2D eigenvalue weighted by Gasteiger charge is -2.26. The minimum Gasteiger partial charge on any atom is -0.482 e. The molecule has 2 atom stereocenters. The maximum atomic E-state index is 11.5. The number of fused-ring (bicyclic) bond motifs is 1. The van der Waals surface area contributed by atoms with Gasteiger partial charge in [0.15, 0.2) is 6.61 Å². The second kappa shape index (κ2) is 3.22. The fraction of sp³-hybridized carbons (Fsp3) is 0.417. The van der Waals surface area contributed by atoms with Crippen molar-refractivity contribution >= 4 is 11.6 Å². The number of anilines is 1. The van der Waals surface area contributed by atoms with Gasteiger partial charge in [-0.2, -0.15) is 0 Å². The monoisotopic (exact) mass is 219 g/mol. The van der Waals surface area contributed by atoms with E-state index in [1.165, 1.54) is 0 Å². The molecule has 1 aromatic rings. The molecule has 2 aliphatic heterocycles. The van der Waals surface area contributed by atoms with E-state index in [9.17, 15) is 4.79 Å². The smallest absolute Gasteiger partial charge is 0.264 e. The molecule has 4 nitrogen and oxygen atoms in total. The molecule has 0 N–H and O–H groups in total. The Hall–Kier alpha value is -1.55. The highest BCUT2D eigenvalue weighted by molar-refractivity contribution is 5.97. The molecule has 84 valence electrons. The summed E-state index contributed by atoms with van der Waals surface area (Å²) in [5.41, 5.74) is 1.94.